The lowest BCUT2D eigenvalue weighted by Gasteiger charge is -2.08. The van der Waals surface area contributed by atoms with E-state index in [2.05, 4.69) is 20.9 Å². The van der Waals surface area contributed by atoms with Crippen molar-refractivity contribution in [3.8, 4) is 17.7 Å². The molecule has 0 atom stereocenters. The number of nitrogens with zero attached hydrogens (tertiary/aromatic N) is 2. The lowest BCUT2D eigenvalue weighted by Crippen LogP contribution is -1.93. The Morgan fingerprint density at radius 3 is 2.83 bits per heavy atom. The van der Waals surface area contributed by atoms with Gasteiger partial charge in [-0.1, -0.05) is 0 Å². The molecule has 3 nitrogen and oxygen atoms in total. The predicted molar refractivity (Wildman–Crippen MR) is 67.9 cm³/mol. The fraction of sp³-hybridized carbons (Fsp3) is 0.0769. The van der Waals surface area contributed by atoms with Crippen molar-refractivity contribution in [3.05, 3.63) is 51.9 Å². The smallest absolute Gasteiger partial charge is 0.234 e. The van der Waals surface area contributed by atoms with Crippen LogP contribution in [0.3, 0.4) is 0 Å². The molecule has 1 heterocycles. The largest absolute Gasteiger partial charge is 0.435 e. The van der Waals surface area contributed by atoms with Gasteiger partial charge in [-0.25, -0.2) is 9.37 Å². The fourth-order valence-electron chi connectivity index (χ4n) is 1.34. The van der Waals surface area contributed by atoms with Crippen LogP contribution in [0.4, 0.5) is 4.39 Å². The summed E-state index contributed by atoms with van der Waals surface area (Å²) in [7, 11) is 0. The van der Waals surface area contributed by atoms with Gasteiger partial charge in [0.15, 0.2) is 11.6 Å². The van der Waals surface area contributed by atoms with E-state index in [-0.39, 0.29) is 11.3 Å². The van der Waals surface area contributed by atoms with Crippen molar-refractivity contribution in [3.63, 3.8) is 0 Å². The fourth-order valence-corrected chi connectivity index (χ4v) is 1.66. The summed E-state index contributed by atoms with van der Waals surface area (Å²) in [5, 5.41) is 8.65. The Labute approximate surface area is 112 Å². The van der Waals surface area contributed by atoms with E-state index < -0.39 is 5.82 Å². The van der Waals surface area contributed by atoms with Gasteiger partial charge < -0.3 is 4.74 Å². The van der Waals surface area contributed by atoms with Crippen molar-refractivity contribution in [1.29, 1.82) is 5.26 Å². The second kappa shape index (κ2) is 5.15. The number of pyridine rings is 1. The highest BCUT2D eigenvalue weighted by Gasteiger charge is 2.10. The van der Waals surface area contributed by atoms with Gasteiger partial charge in [0.2, 0.25) is 5.88 Å². The highest BCUT2D eigenvalue weighted by Crippen LogP contribution is 2.31. The third-order valence-electron chi connectivity index (χ3n) is 2.32. The van der Waals surface area contributed by atoms with E-state index in [0.29, 0.717) is 10.4 Å². The molecule has 0 radical (unpaired) electrons. The Bertz CT molecular complexity index is 637. The summed E-state index contributed by atoms with van der Waals surface area (Å²) in [5.74, 6) is -0.268. The summed E-state index contributed by atoms with van der Waals surface area (Å²) >= 11 is 3.33. The molecule has 90 valence electrons. The van der Waals surface area contributed by atoms with Gasteiger partial charge in [-0.3, -0.25) is 0 Å². The minimum absolute atomic E-state index is 0.0350. The minimum Gasteiger partial charge on any atom is -0.435 e. The van der Waals surface area contributed by atoms with Gasteiger partial charge in [-0.2, -0.15) is 5.26 Å². The highest BCUT2D eigenvalue weighted by atomic mass is 79.9. The summed E-state index contributed by atoms with van der Waals surface area (Å²) < 4.78 is 19.7. The molecule has 0 aliphatic heterocycles. The van der Waals surface area contributed by atoms with Gasteiger partial charge in [-0.15, -0.1) is 0 Å². The van der Waals surface area contributed by atoms with Crippen LogP contribution in [0.2, 0.25) is 0 Å². The van der Waals surface area contributed by atoms with Crippen molar-refractivity contribution in [2.24, 2.45) is 0 Å². The Hall–Kier alpha value is -1.93. The van der Waals surface area contributed by atoms with E-state index >= 15 is 0 Å². The molecule has 0 aliphatic rings. The topological polar surface area (TPSA) is 45.9 Å². The van der Waals surface area contributed by atoms with Gasteiger partial charge in [0.1, 0.15) is 0 Å². The maximum absolute atomic E-state index is 13.6. The second-order valence-electron chi connectivity index (χ2n) is 3.61. The standard InChI is InChI=1S/C13H8BrFN2O/c1-8-4-5-17-13(12(8)14)18-11-3-2-9(7-16)6-10(11)15/h2-6H,1H3. The van der Waals surface area contributed by atoms with Gasteiger partial charge in [0.25, 0.3) is 0 Å². The van der Waals surface area contributed by atoms with Crippen LogP contribution in [0, 0.1) is 24.1 Å². The molecule has 0 saturated heterocycles. The van der Waals surface area contributed by atoms with Crippen LogP contribution >= 0.6 is 15.9 Å². The molecule has 1 aromatic heterocycles. The van der Waals surface area contributed by atoms with Crippen LogP contribution in [0.15, 0.2) is 34.9 Å². The number of halogens is 2. The SMILES string of the molecule is Cc1ccnc(Oc2ccc(C#N)cc2F)c1Br. The highest BCUT2D eigenvalue weighted by molar-refractivity contribution is 9.10. The Kier molecular flexibility index (Phi) is 3.58. The molecule has 2 aromatic rings. The summed E-state index contributed by atoms with van der Waals surface area (Å²) in [6.07, 6.45) is 1.58. The van der Waals surface area contributed by atoms with E-state index in [1.807, 2.05) is 19.1 Å². The lowest BCUT2D eigenvalue weighted by molar-refractivity contribution is 0.424. The quantitative estimate of drug-likeness (QED) is 0.843. The molecule has 1 aromatic carbocycles. The molecule has 18 heavy (non-hydrogen) atoms. The summed E-state index contributed by atoms with van der Waals surface area (Å²) in [4.78, 5) is 4.02. The minimum atomic E-state index is -0.593. The molecule has 0 unspecified atom stereocenters. The molecule has 0 amide bonds. The Morgan fingerprint density at radius 2 is 2.17 bits per heavy atom. The average Bonchev–Trinajstić information content (AvgIpc) is 2.37. The summed E-state index contributed by atoms with van der Waals surface area (Å²) in [5.41, 5.74) is 1.19. The van der Waals surface area contributed by atoms with Crippen LogP contribution in [0.5, 0.6) is 11.6 Å². The zero-order valence-electron chi connectivity index (χ0n) is 9.45. The molecule has 2 rings (SSSR count). The number of nitriles is 1. The average molecular weight is 307 g/mol. The molecule has 5 heteroatoms. The van der Waals surface area contributed by atoms with Crippen molar-refractivity contribution in [1.82, 2.24) is 4.98 Å². The second-order valence-corrected chi connectivity index (χ2v) is 4.40. The molecule has 0 N–H and O–H groups in total. The molecular weight excluding hydrogens is 299 g/mol. The number of aryl methyl sites for hydroxylation is 1. The molecule has 0 bridgehead atoms. The van der Waals surface area contributed by atoms with Crippen molar-refractivity contribution in [2.75, 3.05) is 0 Å². The third kappa shape index (κ3) is 2.49. The summed E-state index contributed by atoms with van der Waals surface area (Å²) in [6, 6.07) is 7.69. The maximum Gasteiger partial charge on any atom is 0.234 e. The number of hydrogen-bond acceptors (Lipinski definition) is 3. The first kappa shape index (κ1) is 12.5. The van der Waals surface area contributed by atoms with Crippen LogP contribution in [-0.2, 0) is 0 Å². The zero-order valence-corrected chi connectivity index (χ0v) is 11.0. The van der Waals surface area contributed by atoms with E-state index in [1.54, 1.807) is 6.20 Å². The number of ether oxygens (including phenoxy) is 1. The maximum atomic E-state index is 13.6. The van der Waals surface area contributed by atoms with Gasteiger partial charge >= 0.3 is 0 Å². The van der Waals surface area contributed by atoms with E-state index in [4.69, 9.17) is 10.00 Å². The van der Waals surface area contributed by atoms with Crippen molar-refractivity contribution >= 4 is 15.9 Å². The zero-order chi connectivity index (χ0) is 13.1. The lowest BCUT2D eigenvalue weighted by atomic mass is 10.2. The van der Waals surface area contributed by atoms with Gasteiger partial charge in [0, 0.05) is 6.20 Å². The van der Waals surface area contributed by atoms with Crippen molar-refractivity contribution in [2.45, 2.75) is 6.92 Å². The van der Waals surface area contributed by atoms with E-state index in [1.165, 1.54) is 12.1 Å². The Morgan fingerprint density at radius 1 is 1.39 bits per heavy atom. The van der Waals surface area contributed by atoms with E-state index in [0.717, 1.165) is 11.6 Å². The molecule has 0 spiro atoms. The first-order chi connectivity index (χ1) is 8.61. The molecule has 0 aliphatic carbocycles. The predicted octanol–water partition coefficient (Wildman–Crippen LogP) is 3.96. The number of aromatic nitrogens is 1. The first-order valence-corrected chi connectivity index (χ1v) is 5.89. The number of hydrogen-bond donors (Lipinski definition) is 0. The van der Waals surface area contributed by atoms with Crippen LogP contribution in [-0.4, -0.2) is 4.98 Å². The third-order valence-corrected chi connectivity index (χ3v) is 3.28. The normalized spacial score (nSPS) is 9.89. The Balaban J connectivity index is 2.35. The van der Waals surface area contributed by atoms with Crippen molar-refractivity contribution < 1.29 is 9.13 Å². The molecular formula is C13H8BrFN2O. The molecule has 0 fully saturated rings. The first-order valence-electron chi connectivity index (χ1n) is 5.10. The van der Waals surface area contributed by atoms with Crippen LogP contribution < -0.4 is 4.74 Å². The number of rotatable bonds is 2. The van der Waals surface area contributed by atoms with Crippen LogP contribution in [0.25, 0.3) is 0 Å². The summed E-state index contributed by atoms with van der Waals surface area (Å²) in [6.45, 7) is 1.88. The van der Waals surface area contributed by atoms with Gasteiger partial charge in [-0.05, 0) is 52.7 Å². The van der Waals surface area contributed by atoms with E-state index in [9.17, 15) is 4.39 Å². The van der Waals surface area contributed by atoms with Gasteiger partial charge in [0.05, 0.1) is 16.1 Å². The van der Waals surface area contributed by atoms with Crippen LogP contribution in [0.1, 0.15) is 11.1 Å². The molecule has 0 saturated carbocycles. The number of benzene rings is 1. The monoisotopic (exact) mass is 306 g/mol.